The number of rotatable bonds is 7. The van der Waals surface area contributed by atoms with E-state index < -0.39 is 30.1 Å². The molecule has 1 aliphatic heterocycles. The van der Waals surface area contributed by atoms with Crippen LogP contribution in [0.25, 0.3) is 22.0 Å². The maximum absolute atomic E-state index is 15.2. The minimum atomic E-state index is -3.03. The van der Waals surface area contributed by atoms with Crippen LogP contribution < -0.4 is 4.90 Å². The summed E-state index contributed by atoms with van der Waals surface area (Å²) in [6.45, 7) is 3.85. The highest BCUT2D eigenvalue weighted by Gasteiger charge is 2.38. The molecule has 4 nitrogen and oxygen atoms in total. The molecule has 1 aromatic heterocycles. The van der Waals surface area contributed by atoms with E-state index in [1.54, 1.807) is 43.5 Å². The third kappa shape index (κ3) is 4.89. The molecule has 1 fully saturated rings. The SMILES string of the molecule is C=C(C1CN(C(=O)c2cc3[nH]cc(-c4cccc(C(C)(F)F)c4)c3cc2F)C1)N(c1ccccc1C)C(F)F. The molecule has 0 aliphatic carbocycles. The highest BCUT2D eigenvalue weighted by molar-refractivity contribution is 6.02. The highest BCUT2D eigenvalue weighted by atomic mass is 19.3. The lowest BCUT2D eigenvalue weighted by Gasteiger charge is -2.43. The third-order valence-corrected chi connectivity index (χ3v) is 7.20. The van der Waals surface area contributed by atoms with Gasteiger partial charge in [0.1, 0.15) is 5.82 Å². The lowest BCUT2D eigenvalue weighted by molar-refractivity contribution is 0.0175. The first-order chi connectivity index (χ1) is 18.5. The van der Waals surface area contributed by atoms with Gasteiger partial charge in [-0.1, -0.05) is 43.0 Å². The third-order valence-electron chi connectivity index (χ3n) is 7.20. The summed E-state index contributed by atoms with van der Waals surface area (Å²) < 4.78 is 70.7. The van der Waals surface area contributed by atoms with Crippen molar-refractivity contribution in [3.8, 4) is 11.1 Å². The van der Waals surface area contributed by atoms with Gasteiger partial charge in [0, 0.05) is 65.5 Å². The molecule has 1 saturated heterocycles. The van der Waals surface area contributed by atoms with Crippen LogP contribution in [0.15, 0.2) is 79.1 Å². The standard InChI is InChI=1S/C30H26F5N3O/c1-17-7-4-5-10-27(17)38(29(32)33)18(2)20-15-37(16-20)28(39)23-13-26-22(12-25(23)31)24(14-36-26)19-8-6-9-21(11-19)30(3,34)35/h4-14,20,29,36H,2,15-16H2,1,3H3. The molecule has 0 radical (unpaired) electrons. The first kappa shape index (κ1) is 26.5. The molecule has 202 valence electrons. The number of halogens is 5. The van der Waals surface area contributed by atoms with Crippen LogP contribution in [0.2, 0.25) is 0 Å². The van der Waals surface area contributed by atoms with Crippen LogP contribution in [-0.4, -0.2) is 35.4 Å². The quantitative estimate of drug-likeness (QED) is 0.193. The number of carbonyl (C=O) groups is 1. The number of anilines is 1. The van der Waals surface area contributed by atoms with E-state index in [1.807, 2.05) is 0 Å². The number of carbonyl (C=O) groups excluding carboxylic acids is 1. The maximum atomic E-state index is 15.2. The number of likely N-dealkylation sites (tertiary alicyclic amines) is 1. The summed E-state index contributed by atoms with van der Waals surface area (Å²) in [5, 5.41) is 0.446. The first-order valence-corrected chi connectivity index (χ1v) is 12.4. The van der Waals surface area contributed by atoms with Crippen LogP contribution in [0.1, 0.15) is 28.4 Å². The fourth-order valence-corrected chi connectivity index (χ4v) is 4.95. The van der Waals surface area contributed by atoms with E-state index in [0.717, 1.165) is 11.8 Å². The Labute approximate surface area is 222 Å². The van der Waals surface area contributed by atoms with Crippen molar-refractivity contribution in [1.82, 2.24) is 9.88 Å². The number of amides is 1. The van der Waals surface area contributed by atoms with Gasteiger partial charge in [-0.3, -0.25) is 9.69 Å². The number of H-pyrrole nitrogens is 1. The molecule has 1 N–H and O–H groups in total. The van der Waals surface area contributed by atoms with Gasteiger partial charge in [0.2, 0.25) is 0 Å². The van der Waals surface area contributed by atoms with Crippen molar-refractivity contribution in [2.24, 2.45) is 5.92 Å². The lowest BCUT2D eigenvalue weighted by Crippen LogP contribution is -2.53. The average molecular weight is 540 g/mol. The summed E-state index contributed by atoms with van der Waals surface area (Å²) in [6.07, 6.45) is 1.58. The monoisotopic (exact) mass is 539 g/mol. The van der Waals surface area contributed by atoms with Crippen molar-refractivity contribution >= 4 is 22.5 Å². The molecular weight excluding hydrogens is 513 g/mol. The zero-order chi connectivity index (χ0) is 28.1. The molecular formula is C30H26F5N3O. The number of hydrogen-bond donors (Lipinski definition) is 1. The van der Waals surface area contributed by atoms with Crippen molar-refractivity contribution < 1.29 is 26.7 Å². The number of benzene rings is 3. The Morgan fingerprint density at radius 3 is 2.49 bits per heavy atom. The first-order valence-electron chi connectivity index (χ1n) is 12.4. The molecule has 0 bridgehead atoms. The van der Waals surface area contributed by atoms with E-state index in [2.05, 4.69) is 11.6 Å². The molecule has 3 aromatic carbocycles. The summed E-state index contributed by atoms with van der Waals surface area (Å²) in [4.78, 5) is 18.4. The number of aromatic amines is 1. The van der Waals surface area contributed by atoms with Crippen LogP contribution in [0.5, 0.6) is 0 Å². The summed E-state index contributed by atoms with van der Waals surface area (Å²) in [7, 11) is 0. The molecule has 5 rings (SSSR count). The van der Waals surface area contributed by atoms with Gasteiger partial charge in [-0.2, -0.15) is 8.78 Å². The predicted octanol–water partition coefficient (Wildman–Crippen LogP) is 7.71. The van der Waals surface area contributed by atoms with Gasteiger partial charge in [-0.15, -0.1) is 0 Å². The number of aromatic nitrogens is 1. The predicted molar refractivity (Wildman–Crippen MR) is 141 cm³/mol. The Hall–Kier alpha value is -4.14. The van der Waals surface area contributed by atoms with E-state index in [9.17, 15) is 22.4 Å². The Balaban J connectivity index is 1.35. The molecule has 1 aliphatic rings. The molecule has 4 aromatic rings. The molecule has 0 saturated carbocycles. The minimum Gasteiger partial charge on any atom is -0.361 e. The second-order valence-electron chi connectivity index (χ2n) is 9.88. The topological polar surface area (TPSA) is 39.3 Å². The zero-order valence-electron chi connectivity index (χ0n) is 21.3. The number of nitrogens with zero attached hydrogens (tertiary/aromatic N) is 2. The van der Waals surface area contributed by atoms with E-state index in [4.69, 9.17) is 0 Å². The molecule has 0 spiro atoms. The van der Waals surface area contributed by atoms with Crippen LogP contribution in [-0.2, 0) is 5.92 Å². The van der Waals surface area contributed by atoms with Crippen LogP contribution in [0.3, 0.4) is 0 Å². The fourth-order valence-electron chi connectivity index (χ4n) is 4.95. The van der Waals surface area contributed by atoms with Gasteiger partial charge in [-0.05, 0) is 42.3 Å². The van der Waals surface area contributed by atoms with Crippen molar-refractivity contribution in [2.75, 3.05) is 18.0 Å². The zero-order valence-corrected chi connectivity index (χ0v) is 21.3. The number of aryl methyl sites for hydroxylation is 1. The van der Waals surface area contributed by atoms with Crippen molar-refractivity contribution in [2.45, 2.75) is 26.3 Å². The van der Waals surface area contributed by atoms with Crippen molar-refractivity contribution in [3.05, 3.63) is 102 Å². The largest absolute Gasteiger partial charge is 0.361 e. The number of hydrogen-bond acceptors (Lipinski definition) is 2. The fraction of sp³-hybridized carbons (Fsp3) is 0.233. The lowest BCUT2D eigenvalue weighted by atomic mass is 9.94. The highest BCUT2D eigenvalue weighted by Crippen LogP contribution is 2.36. The van der Waals surface area contributed by atoms with E-state index in [0.29, 0.717) is 33.3 Å². The second kappa shape index (κ2) is 9.87. The van der Waals surface area contributed by atoms with E-state index in [-0.39, 0.29) is 29.9 Å². The van der Waals surface area contributed by atoms with Gasteiger partial charge in [-0.25, -0.2) is 13.2 Å². The summed E-state index contributed by atoms with van der Waals surface area (Å²) in [5.74, 6) is -4.77. The van der Waals surface area contributed by atoms with E-state index in [1.165, 1.54) is 35.2 Å². The molecule has 2 heterocycles. The van der Waals surface area contributed by atoms with E-state index >= 15 is 4.39 Å². The second-order valence-corrected chi connectivity index (χ2v) is 9.88. The van der Waals surface area contributed by atoms with Crippen molar-refractivity contribution in [3.63, 3.8) is 0 Å². The number of alkyl halides is 4. The van der Waals surface area contributed by atoms with Crippen LogP contribution in [0.4, 0.5) is 27.6 Å². The van der Waals surface area contributed by atoms with Gasteiger partial charge in [0.15, 0.2) is 0 Å². The number of fused-ring (bicyclic) bond motifs is 1. The van der Waals surface area contributed by atoms with Gasteiger partial charge in [0.25, 0.3) is 11.8 Å². The summed E-state index contributed by atoms with van der Waals surface area (Å²) >= 11 is 0. The molecule has 0 atom stereocenters. The van der Waals surface area contributed by atoms with Gasteiger partial charge in [0.05, 0.1) is 5.56 Å². The van der Waals surface area contributed by atoms with Gasteiger partial charge < -0.3 is 9.88 Å². The summed E-state index contributed by atoms with van der Waals surface area (Å²) in [5.41, 5.74) is 2.34. The number of nitrogens with one attached hydrogen (secondary N) is 1. The molecule has 9 heteroatoms. The molecule has 1 amide bonds. The van der Waals surface area contributed by atoms with Crippen LogP contribution >= 0.6 is 0 Å². The van der Waals surface area contributed by atoms with Crippen molar-refractivity contribution in [1.29, 1.82) is 0 Å². The van der Waals surface area contributed by atoms with Crippen LogP contribution in [0, 0.1) is 18.7 Å². The Kier molecular flexibility index (Phi) is 6.70. The Morgan fingerprint density at radius 1 is 1.10 bits per heavy atom. The Bertz CT molecular complexity index is 1570. The summed E-state index contributed by atoms with van der Waals surface area (Å²) in [6, 6.07) is 15.2. The minimum absolute atomic E-state index is 0.123. The molecule has 39 heavy (non-hydrogen) atoms. The number of para-hydroxylation sites is 1. The average Bonchev–Trinajstić information content (AvgIpc) is 3.26. The normalized spacial score (nSPS) is 14.1. The van der Waals surface area contributed by atoms with Gasteiger partial charge >= 0.3 is 6.55 Å². The molecule has 0 unspecified atom stereocenters. The maximum Gasteiger partial charge on any atom is 0.319 e. The Morgan fingerprint density at radius 2 is 1.82 bits per heavy atom. The smallest absolute Gasteiger partial charge is 0.319 e.